The molecule has 1 N–H and O–H groups in total. The number of amides is 2. The first-order chi connectivity index (χ1) is 8.47. The molecule has 0 radical (unpaired) electrons. The number of urea groups is 1. The molecule has 0 atom stereocenters. The summed E-state index contributed by atoms with van der Waals surface area (Å²) in [5.74, 6) is 0.433. The number of nitrogens with one attached hydrogen (secondary N) is 1. The van der Waals surface area contributed by atoms with Crippen molar-refractivity contribution in [2.45, 2.75) is 19.8 Å². The number of hydrogen-bond donors (Lipinski definition) is 1. The minimum Gasteiger partial charge on any atom is -0.331 e. The van der Waals surface area contributed by atoms with E-state index in [1.165, 1.54) is 4.90 Å². The van der Waals surface area contributed by atoms with E-state index in [0.717, 1.165) is 20.9 Å². The van der Waals surface area contributed by atoms with Crippen LogP contribution in [0.4, 0.5) is 10.5 Å². The Morgan fingerprint density at radius 3 is 2.72 bits per heavy atom. The van der Waals surface area contributed by atoms with Crippen molar-refractivity contribution >= 4 is 33.3 Å². The molecular formula is C13H17N3OS. The van der Waals surface area contributed by atoms with Gasteiger partial charge in [-0.2, -0.15) is 0 Å². The van der Waals surface area contributed by atoms with Crippen molar-refractivity contribution in [1.29, 1.82) is 0 Å². The van der Waals surface area contributed by atoms with Gasteiger partial charge in [-0.1, -0.05) is 13.8 Å². The summed E-state index contributed by atoms with van der Waals surface area (Å²) in [6.45, 7) is 4.26. The summed E-state index contributed by atoms with van der Waals surface area (Å²) in [6, 6.07) is 5.68. The molecule has 2 aromatic rings. The first kappa shape index (κ1) is 12.8. The molecule has 0 fully saturated rings. The van der Waals surface area contributed by atoms with Crippen LogP contribution in [0.2, 0.25) is 0 Å². The number of nitrogens with zero attached hydrogens (tertiary/aromatic N) is 2. The van der Waals surface area contributed by atoms with Crippen molar-refractivity contribution in [3.8, 4) is 0 Å². The van der Waals surface area contributed by atoms with Gasteiger partial charge in [0.05, 0.1) is 15.2 Å². The van der Waals surface area contributed by atoms with Crippen molar-refractivity contribution in [2.24, 2.45) is 0 Å². The number of carbonyl (C=O) groups excluding carboxylic acids is 1. The monoisotopic (exact) mass is 263 g/mol. The first-order valence-corrected chi connectivity index (χ1v) is 6.68. The lowest BCUT2D eigenvalue weighted by molar-refractivity contribution is 0.230. The highest BCUT2D eigenvalue weighted by Gasteiger charge is 2.09. The molecule has 2 rings (SSSR count). The SMILES string of the molecule is CC(C)c1nc2ccc(NC(=O)N(C)C)cc2s1. The van der Waals surface area contributed by atoms with Gasteiger partial charge < -0.3 is 10.2 Å². The van der Waals surface area contributed by atoms with Gasteiger partial charge in [0, 0.05) is 25.7 Å². The predicted octanol–water partition coefficient (Wildman–Crippen LogP) is 3.51. The Morgan fingerprint density at radius 1 is 1.39 bits per heavy atom. The van der Waals surface area contributed by atoms with Crippen LogP contribution < -0.4 is 5.32 Å². The number of anilines is 1. The second-order valence-corrected chi connectivity index (χ2v) is 5.78. The van der Waals surface area contributed by atoms with Crippen LogP contribution in [0.25, 0.3) is 10.2 Å². The van der Waals surface area contributed by atoms with Crippen molar-refractivity contribution < 1.29 is 4.79 Å². The molecule has 1 aromatic carbocycles. The lowest BCUT2D eigenvalue weighted by Gasteiger charge is -2.11. The van der Waals surface area contributed by atoms with E-state index in [0.29, 0.717) is 5.92 Å². The molecule has 2 amide bonds. The molecule has 0 saturated carbocycles. The number of benzene rings is 1. The number of hydrogen-bond acceptors (Lipinski definition) is 3. The summed E-state index contributed by atoms with van der Waals surface area (Å²) < 4.78 is 1.11. The van der Waals surface area contributed by atoms with Crippen LogP contribution in [0.15, 0.2) is 18.2 Å². The molecule has 96 valence electrons. The maximum Gasteiger partial charge on any atom is 0.321 e. The van der Waals surface area contributed by atoms with Crippen LogP contribution in [-0.2, 0) is 0 Å². The Kier molecular flexibility index (Phi) is 3.52. The standard InChI is InChI=1S/C13H17N3OS/c1-8(2)12-15-10-6-5-9(7-11(10)18-12)14-13(17)16(3)4/h5-8H,1-4H3,(H,14,17). The lowest BCUT2D eigenvalue weighted by Crippen LogP contribution is -2.27. The fourth-order valence-corrected chi connectivity index (χ4v) is 2.51. The molecule has 18 heavy (non-hydrogen) atoms. The molecule has 0 spiro atoms. The smallest absolute Gasteiger partial charge is 0.321 e. The van der Waals surface area contributed by atoms with Gasteiger partial charge in [-0.25, -0.2) is 9.78 Å². The minimum atomic E-state index is -0.122. The van der Waals surface area contributed by atoms with Gasteiger partial charge in [0.25, 0.3) is 0 Å². The third-order valence-corrected chi connectivity index (χ3v) is 3.88. The Balaban J connectivity index is 2.29. The zero-order valence-corrected chi connectivity index (χ0v) is 11.8. The van der Waals surface area contributed by atoms with E-state index in [4.69, 9.17) is 0 Å². The number of rotatable bonds is 2. The van der Waals surface area contributed by atoms with Crippen LogP contribution in [0.5, 0.6) is 0 Å². The molecule has 4 nitrogen and oxygen atoms in total. The summed E-state index contributed by atoms with van der Waals surface area (Å²) >= 11 is 1.68. The zero-order valence-electron chi connectivity index (χ0n) is 11.0. The molecule has 0 unspecified atom stereocenters. The third-order valence-electron chi connectivity index (χ3n) is 2.56. The van der Waals surface area contributed by atoms with Gasteiger partial charge in [-0.3, -0.25) is 0 Å². The fourth-order valence-electron chi connectivity index (χ4n) is 1.50. The van der Waals surface area contributed by atoms with Gasteiger partial charge in [0.15, 0.2) is 0 Å². The third kappa shape index (κ3) is 2.61. The van der Waals surface area contributed by atoms with E-state index in [1.54, 1.807) is 25.4 Å². The topological polar surface area (TPSA) is 45.2 Å². The molecule has 1 heterocycles. The van der Waals surface area contributed by atoms with E-state index in [9.17, 15) is 4.79 Å². The Hall–Kier alpha value is -1.62. The Bertz CT molecular complexity index is 575. The van der Waals surface area contributed by atoms with Gasteiger partial charge in [0.1, 0.15) is 0 Å². The largest absolute Gasteiger partial charge is 0.331 e. The highest BCUT2D eigenvalue weighted by Crippen LogP contribution is 2.29. The Labute approximate surface area is 111 Å². The number of fused-ring (bicyclic) bond motifs is 1. The summed E-state index contributed by atoms with van der Waals surface area (Å²) in [5, 5.41) is 3.96. The second-order valence-electron chi connectivity index (χ2n) is 4.71. The Morgan fingerprint density at radius 2 is 2.11 bits per heavy atom. The van der Waals surface area contributed by atoms with Crippen LogP contribution in [-0.4, -0.2) is 30.0 Å². The molecule has 0 saturated heterocycles. The average molecular weight is 263 g/mol. The lowest BCUT2D eigenvalue weighted by atomic mass is 10.2. The molecule has 1 aromatic heterocycles. The molecule has 0 aliphatic heterocycles. The van der Waals surface area contributed by atoms with Gasteiger partial charge in [0.2, 0.25) is 0 Å². The molecule has 0 bridgehead atoms. The average Bonchev–Trinajstić information content (AvgIpc) is 2.71. The van der Waals surface area contributed by atoms with E-state index >= 15 is 0 Å². The molecule has 5 heteroatoms. The summed E-state index contributed by atoms with van der Waals surface area (Å²) in [7, 11) is 3.44. The van der Waals surface area contributed by atoms with E-state index in [1.807, 2.05) is 18.2 Å². The molecular weight excluding hydrogens is 246 g/mol. The highest BCUT2D eigenvalue weighted by molar-refractivity contribution is 7.18. The van der Waals surface area contributed by atoms with Crippen molar-refractivity contribution in [3.63, 3.8) is 0 Å². The normalized spacial score (nSPS) is 10.9. The van der Waals surface area contributed by atoms with Gasteiger partial charge in [-0.15, -0.1) is 11.3 Å². The number of aromatic nitrogens is 1. The van der Waals surface area contributed by atoms with Crippen LogP contribution in [0.1, 0.15) is 24.8 Å². The van der Waals surface area contributed by atoms with E-state index in [2.05, 4.69) is 24.1 Å². The number of carbonyl (C=O) groups is 1. The molecule has 0 aliphatic carbocycles. The van der Waals surface area contributed by atoms with Gasteiger partial charge >= 0.3 is 6.03 Å². The first-order valence-electron chi connectivity index (χ1n) is 5.86. The second kappa shape index (κ2) is 4.94. The quantitative estimate of drug-likeness (QED) is 0.901. The number of thiazole rings is 1. The fraction of sp³-hybridized carbons (Fsp3) is 0.385. The summed E-state index contributed by atoms with van der Waals surface area (Å²) in [5.41, 5.74) is 1.80. The van der Waals surface area contributed by atoms with Crippen LogP contribution >= 0.6 is 11.3 Å². The van der Waals surface area contributed by atoms with Crippen LogP contribution in [0.3, 0.4) is 0 Å². The highest BCUT2D eigenvalue weighted by atomic mass is 32.1. The van der Waals surface area contributed by atoms with Gasteiger partial charge in [-0.05, 0) is 18.2 Å². The maximum absolute atomic E-state index is 11.6. The summed E-state index contributed by atoms with van der Waals surface area (Å²) in [6.07, 6.45) is 0. The van der Waals surface area contributed by atoms with Crippen molar-refractivity contribution in [2.75, 3.05) is 19.4 Å². The zero-order chi connectivity index (χ0) is 13.3. The van der Waals surface area contributed by atoms with Crippen LogP contribution in [0, 0.1) is 0 Å². The minimum absolute atomic E-state index is 0.122. The maximum atomic E-state index is 11.6. The van der Waals surface area contributed by atoms with E-state index < -0.39 is 0 Å². The molecule has 0 aliphatic rings. The predicted molar refractivity (Wildman–Crippen MR) is 76.4 cm³/mol. The van der Waals surface area contributed by atoms with Crippen molar-refractivity contribution in [1.82, 2.24) is 9.88 Å². The van der Waals surface area contributed by atoms with Crippen molar-refractivity contribution in [3.05, 3.63) is 23.2 Å². The van der Waals surface area contributed by atoms with E-state index in [-0.39, 0.29) is 6.03 Å². The summed E-state index contributed by atoms with van der Waals surface area (Å²) in [4.78, 5) is 17.6.